The molecule has 4 amide bonds. The summed E-state index contributed by atoms with van der Waals surface area (Å²) < 4.78 is 0. The van der Waals surface area contributed by atoms with Crippen molar-refractivity contribution in [2.45, 2.75) is 51.2 Å². The predicted octanol–water partition coefficient (Wildman–Crippen LogP) is -2.27. The van der Waals surface area contributed by atoms with Crippen LogP contribution in [-0.2, 0) is 24.0 Å². The summed E-state index contributed by atoms with van der Waals surface area (Å²) in [7, 11) is 0. The van der Waals surface area contributed by atoms with Crippen LogP contribution >= 0.6 is 12.6 Å². The molecule has 12 heteroatoms. The molecule has 160 valence electrons. The normalized spacial score (nSPS) is 13.9. The molecule has 28 heavy (non-hydrogen) atoms. The molecule has 0 spiro atoms. The van der Waals surface area contributed by atoms with Gasteiger partial charge in [-0.15, -0.1) is 0 Å². The van der Waals surface area contributed by atoms with Crippen LogP contribution in [0.2, 0.25) is 0 Å². The van der Waals surface area contributed by atoms with Crippen LogP contribution in [0.3, 0.4) is 0 Å². The van der Waals surface area contributed by atoms with Gasteiger partial charge < -0.3 is 32.5 Å². The number of nitrogens with two attached hydrogens (primary N) is 2. The molecule has 3 unspecified atom stereocenters. The van der Waals surface area contributed by atoms with E-state index in [9.17, 15) is 24.0 Å². The van der Waals surface area contributed by atoms with Crippen LogP contribution in [0, 0.1) is 5.92 Å². The van der Waals surface area contributed by atoms with E-state index in [-0.39, 0.29) is 24.5 Å². The Balaban J connectivity index is 4.57. The first-order valence-electron chi connectivity index (χ1n) is 8.72. The molecule has 0 aliphatic rings. The average Bonchev–Trinajstić information content (AvgIpc) is 2.59. The van der Waals surface area contributed by atoms with Gasteiger partial charge in [0.2, 0.25) is 23.6 Å². The van der Waals surface area contributed by atoms with E-state index in [4.69, 9.17) is 16.6 Å². The minimum Gasteiger partial charge on any atom is -0.480 e. The number of carboxylic acid groups (broad SMARTS) is 1. The lowest BCUT2D eigenvalue weighted by atomic mass is 10.0. The highest BCUT2D eigenvalue weighted by molar-refractivity contribution is 7.80. The van der Waals surface area contributed by atoms with Gasteiger partial charge in [0.15, 0.2) is 0 Å². The second-order valence-electron chi connectivity index (χ2n) is 6.66. The van der Waals surface area contributed by atoms with Crippen LogP contribution in [-0.4, -0.2) is 65.1 Å². The summed E-state index contributed by atoms with van der Waals surface area (Å²) in [6.45, 7) is 3.29. The molecular weight excluding hydrogens is 390 g/mol. The first-order valence-corrected chi connectivity index (χ1v) is 9.36. The Hall–Kier alpha value is -2.34. The zero-order chi connectivity index (χ0) is 21.9. The fraction of sp³-hybridized carbons (Fsp3) is 0.688. The van der Waals surface area contributed by atoms with E-state index in [0.717, 1.165) is 0 Å². The average molecular weight is 420 g/mol. The fourth-order valence-electron chi connectivity index (χ4n) is 2.17. The Morgan fingerprint density at radius 3 is 2.11 bits per heavy atom. The molecule has 0 aliphatic heterocycles. The van der Waals surface area contributed by atoms with E-state index in [1.54, 1.807) is 0 Å². The molecule has 0 aromatic rings. The zero-order valence-electron chi connectivity index (χ0n) is 15.9. The van der Waals surface area contributed by atoms with Crippen molar-refractivity contribution in [2.24, 2.45) is 17.4 Å². The van der Waals surface area contributed by atoms with E-state index in [1.807, 2.05) is 13.8 Å². The lowest BCUT2D eigenvalue weighted by Crippen LogP contribution is -2.54. The van der Waals surface area contributed by atoms with Crippen molar-refractivity contribution in [1.29, 1.82) is 0 Å². The number of primary amides is 1. The van der Waals surface area contributed by atoms with Crippen molar-refractivity contribution in [1.82, 2.24) is 16.0 Å². The summed E-state index contributed by atoms with van der Waals surface area (Å²) >= 11 is 4.00. The number of rotatable bonds is 13. The number of nitrogens with one attached hydrogen (secondary N) is 3. The number of carbonyl (C=O) groups excluding carboxylic acids is 4. The molecule has 0 radical (unpaired) electrons. The largest absolute Gasteiger partial charge is 0.480 e. The summed E-state index contributed by atoms with van der Waals surface area (Å²) in [6, 6.07) is -3.10. The number of hydrogen-bond acceptors (Lipinski definition) is 7. The highest BCUT2D eigenvalue weighted by atomic mass is 32.1. The van der Waals surface area contributed by atoms with Crippen LogP contribution in [0.15, 0.2) is 0 Å². The van der Waals surface area contributed by atoms with Crippen molar-refractivity contribution >= 4 is 42.2 Å². The molecule has 0 aromatic heterocycles. The minimum atomic E-state index is -1.33. The molecule has 0 saturated heterocycles. The third kappa shape index (κ3) is 10.7. The van der Waals surface area contributed by atoms with Gasteiger partial charge >= 0.3 is 5.97 Å². The fourth-order valence-corrected chi connectivity index (χ4v) is 2.42. The smallest absolute Gasteiger partial charge is 0.326 e. The van der Waals surface area contributed by atoms with Crippen LogP contribution in [0.1, 0.15) is 33.1 Å². The molecule has 0 saturated carbocycles. The maximum Gasteiger partial charge on any atom is 0.326 e. The Kier molecular flexibility index (Phi) is 11.9. The molecule has 0 fully saturated rings. The maximum absolute atomic E-state index is 12.1. The molecule has 0 rings (SSSR count). The van der Waals surface area contributed by atoms with Gasteiger partial charge in [-0.3, -0.25) is 19.2 Å². The SMILES string of the molecule is CC(C)CC(N)C(=O)NC(CS)C(=O)NCC(=O)NC(CCC(N)=O)C(=O)O. The molecular formula is C16H29N5O6S. The second kappa shape index (κ2) is 12.9. The number of carboxylic acids is 1. The summed E-state index contributed by atoms with van der Waals surface area (Å²) in [4.78, 5) is 57.8. The lowest BCUT2D eigenvalue weighted by Gasteiger charge is -2.20. The van der Waals surface area contributed by atoms with Crippen LogP contribution < -0.4 is 27.4 Å². The van der Waals surface area contributed by atoms with Crippen LogP contribution in [0.5, 0.6) is 0 Å². The van der Waals surface area contributed by atoms with Crippen LogP contribution in [0.25, 0.3) is 0 Å². The first-order chi connectivity index (χ1) is 13.0. The van der Waals surface area contributed by atoms with Gasteiger partial charge in [-0.25, -0.2) is 4.79 Å². The van der Waals surface area contributed by atoms with E-state index < -0.39 is 54.3 Å². The van der Waals surface area contributed by atoms with Gasteiger partial charge in [-0.1, -0.05) is 13.8 Å². The molecule has 0 aliphatic carbocycles. The van der Waals surface area contributed by atoms with Crippen molar-refractivity contribution in [2.75, 3.05) is 12.3 Å². The molecule has 3 atom stereocenters. The number of carbonyl (C=O) groups is 5. The minimum absolute atomic E-state index is 0.0239. The molecule has 0 bridgehead atoms. The number of hydrogen-bond donors (Lipinski definition) is 7. The van der Waals surface area contributed by atoms with Crippen molar-refractivity contribution in [3.05, 3.63) is 0 Å². The predicted molar refractivity (Wildman–Crippen MR) is 104 cm³/mol. The van der Waals surface area contributed by atoms with Crippen LogP contribution in [0.4, 0.5) is 0 Å². The third-order valence-corrected chi connectivity index (χ3v) is 3.98. The number of thiol groups is 1. The van der Waals surface area contributed by atoms with Gasteiger partial charge in [-0.2, -0.15) is 12.6 Å². The van der Waals surface area contributed by atoms with Gasteiger partial charge in [-0.05, 0) is 18.8 Å². The molecule has 0 aromatic carbocycles. The summed E-state index contributed by atoms with van der Waals surface area (Å²) in [5.41, 5.74) is 10.7. The lowest BCUT2D eigenvalue weighted by molar-refractivity contribution is -0.142. The number of aliphatic carboxylic acids is 1. The Morgan fingerprint density at radius 1 is 1.04 bits per heavy atom. The van der Waals surface area contributed by atoms with Crippen molar-refractivity contribution < 1.29 is 29.1 Å². The zero-order valence-corrected chi connectivity index (χ0v) is 16.8. The highest BCUT2D eigenvalue weighted by Crippen LogP contribution is 2.03. The third-order valence-electron chi connectivity index (χ3n) is 3.61. The Bertz CT molecular complexity index is 586. The van der Waals surface area contributed by atoms with Gasteiger partial charge in [0.1, 0.15) is 12.1 Å². The van der Waals surface area contributed by atoms with E-state index in [2.05, 4.69) is 28.6 Å². The first kappa shape index (κ1) is 25.7. The monoisotopic (exact) mass is 419 g/mol. The van der Waals surface area contributed by atoms with E-state index in [1.165, 1.54) is 0 Å². The van der Waals surface area contributed by atoms with Gasteiger partial charge in [0.05, 0.1) is 12.6 Å². The highest BCUT2D eigenvalue weighted by Gasteiger charge is 2.24. The standard InChI is InChI=1S/C16H29N5O6S/c1-8(2)5-9(17)14(24)21-11(7-28)15(25)19-6-13(23)20-10(16(26)27)3-4-12(18)22/h8-11,28H,3-7,17H2,1-2H3,(H2,18,22)(H,19,25)(H,20,23)(H,21,24)(H,26,27). The summed E-state index contributed by atoms with van der Waals surface area (Å²) in [6.07, 6.45) is 0.0540. The molecule has 11 nitrogen and oxygen atoms in total. The quantitative estimate of drug-likeness (QED) is 0.163. The van der Waals surface area contributed by atoms with Gasteiger partial charge in [0, 0.05) is 12.2 Å². The van der Waals surface area contributed by atoms with E-state index >= 15 is 0 Å². The Morgan fingerprint density at radius 2 is 1.64 bits per heavy atom. The molecule has 8 N–H and O–H groups in total. The van der Waals surface area contributed by atoms with Crippen molar-refractivity contribution in [3.8, 4) is 0 Å². The molecule has 0 heterocycles. The topological polar surface area (TPSA) is 194 Å². The summed E-state index contributed by atoms with van der Waals surface area (Å²) in [5.74, 6) is -3.80. The Labute approximate surface area is 168 Å². The number of amides is 4. The van der Waals surface area contributed by atoms with Crippen molar-refractivity contribution in [3.63, 3.8) is 0 Å². The summed E-state index contributed by atoms with van der Waals surface area (Å²) in [5, 5.41) is 16.0. The van der Waals surface area contributed by atoms with Gasteiger partial charge in [0.25, 0.3) is 0 Å². The van der Waals surface area contributed by atoms with E-state index in [0.29, 0.717) is 6.42 Å². The second-order valence-corrected chi connectivity index (χ2v) is 7.03. The maximum atomic E-state index is 12.1.